The minimum Gasteiger partial charge on any atom is -0.339 e. The van der Waals surface area contributed by atoms with Gasteiger partial charge in [-0.25, -0.2) is 0 Å². The number of aryl methyl sites for hydroxylation is 1. The number of carbonyl (C=O) groups excluding carboxylic acids is 1. The third-order valence-electron chi connectivity index (χ3n) is 3.54. The minimum absolute atomic E-state index is 0.00280. The molecule has 1 heterocycles. The molecular formula is C17H20ClNOS. The lowest BCUT2D eigenvalue weighted by atomic mass is 10.1. The molecule has 0 bridgehead atoms. The zero-order valence-electron chi connectivity index (χ0n) is 12.6. The van der Waals surface area contributed by atoms with Crippen molar-refractivity contribution in [2.45, 2.75) is 27.2 Å². The van der Waals surface area contributed by atoms with Crippen LogP contribution in [0.4, 0.5) is 0 Å². The highest BCUT2D eigenvalue weighted by molar-refractivity contribution is 7.15. The predicted octanol–water partition coefficient (Wildman–Crippen LogP) is 5.11. The molecule has 0 saturated heterocycles. The van der Waals surface area contributed by atoms with Crippen LogP contribution < -0.4 is 0 Å². The van der Waals surface area contributed by atoms with Crippen LogP contribution in [-0.2, 0) is 6.42 Å². The third kappa shape index (κ3) is 3.47. The van der Waals surface area contributed by atoms with Gasteiger partial charge in [-0.15, -0.1) is 11.3 Å². The molecule has 0 atom stereocenters. The minimum atomic E-state index is -0.00280. The van der Waals surface area contributed by atoms with Crippen molar-refractivity contribution in [3.05, 3.63) is 45.8 Å². The lowest BCUT2D eigenvalue weighted by Crippen LogP contribution is -2.30. The van der Waals surface area contributed by atoms with Crippen molar-refractivity contribution < 1.29 is 4.79 Å². The normalized spacial score (nSPS) is 10.7. The molecule has 0 N–H and O–H groups in total. The van der Waals surface area contributed by atoms with E-state index in [2.05, 4.69) is 19.1 Å². The first-order chi connectivity index (χ1) is 10.1. The first kappa shape index (κ1) is 16.1. The molecule has 0 saturated carbocycles. The maximum Gasteiger partial charge on any atom is 0.255 e. The maximum absolute atomic E-state index is 12.4. The largest absolute Gasteiger partial charge is 0.339 e. The van der Waals surface area contributed by atoms with Gasteiger partial charge >= 0.3 is 0 Å². The van der Waals surface area contributed by atoms with Gasteiger partial charge in [-0.3, -0.25) is 4.79 Å². The Hall–Kier alpha value is -1.32. The van der Waals surface area contributed by atoms with Crippen molar-refractivity contribution in [1.29, 1.82) is 0 Å². The van der Waals surface area contributed by atoms with Crippen LogP contribution in [0.15, 0.2) is 30.3 Å². The van der Waals surface area contributed by atoms with Crippen molar-refractivity contribution in [1.82, 2.24) is 4.90 Å². The molecule has 0 fully saturated rings. The number of hydrogen-bond acceptors (Lipinski definition) is 2. The SMILES string of the molecule is CCc1ccc(-c2ccc(C(=O)N(CC)CC)c(Cl)c2)s1. The lowest BCUT2D eigenvalue weighted by molar-refractivity contribution is 0.0773. The Morgan fingerprint density at radius 1 is 1.14 bits per heavy atom. The molecule has 1 aromatic heterocycles. The summed E-state index contributed by atoms with van der Waals surface area (Å²) in [6.45, 7) is 7.48. The molecule has 1 amide bonds. The molecule has 0 aliphatic heterocycles. The second-order valence-corrected chi connectivity index (χ2v) is 6.37. The van der Waals surface area contributed by atoms with E-state index < -0.39 is 0 Å². The third-order valence-corrected chi connectivity index (χ3v) is 5.14. The van der Waals surface area contributed by atoms with Crippen molar-refractivity contribution in [3.8, 4) is 10.4 Å². The summed E-state index contributed by atoms with van der Waals surface area (Å²) in [6.07, 6.45) is 1.04. The highest BCUT2D eigenvalue weighted by Gasteiger charge is 2.16. The summed E-state index contributed by atoms with van der Waals surface area (Å²) in [5.41, 5.74) is 1.65. The van der Waals surface area contributed by atoms with Gasteiger partial charge in [0.15, 0.2) is 0 Å². The van der Waals surface area contributed by atoms with Crippen LogP contribution in [0.5, 0.6) is 0 Å². The summed E-state index contributed by atoms with van der Waals surface area (Å²) in [7, 11) is 0. The highest BCUT2D eigenvalue weighted by Crippen LogP contribution is 2.31. The first-order valence-electron chi connectivity index (χ1n) is 7.28. The number of carbonyl (C=O) groups is 1. The average molecular weight is 322 g/mol. The van der Waals surface area contributed by atoms with E-state index in [4.69, 9.17) is 11.6 Å². The van der Waals surface area contributed by atoms with E-state index in [-0.39, 0.29) is 5.91 Å². The summed E-state index contributed by atoms with van der Waals surface area (Å²) in [5, 5.41) is 0.524. The standard InChI is InChI=1S/C17H20ClNOS/c1-4-13-8-10-16(21-13)12-7-9-14(15(18)11-12)17(20)19(5-2)6-3/h7-11H,4-6H2,1-3H3. The number of rotatable bonds is 5. The molecule has 4 heteroatoms. The van der Waals surface area contributed by atoms with Crippen LogP contribution in [0, 0.1) is 0 Å². The second-order valence-electron chi connectivity index (χ2n) is 4.79. The van der Waals surface area contributed by atoms with Crippen LogP contribution in [0.1, 0.15) is 36.0 Å². The molecule has 21 heavy (non-hydrogen) atoms. The van der Waals surface area contributed by atoms with Crippen LogP contribution in [0.2, 0.25) is 5.02 Å². The Labute approximate surface area is 135 Å². The van der Waals surface area contributed by atoms with E-state index in [9.17, 15) is 4.79 Å². The van der Waals surface area contributed by atoms with Gasteiger partial charge in [-0.05, 0) is 50.1 Å². The molecule has 0 aliphatic carbocycles. The number of halogens is 1. The first-order valence-corrected chi connectivity index (χ1v) is 8.48. The van der Waals surface area contributed by atoms with Gasteiger partial charge in [-0.1, -0.05) is 24.6 Å². The Balaban J connectivity index is 2.31. The van der Waals surface area contributed by atoms with Crippen molar-refractivity contribution >= 4 is 28.8 Å². The number of hydrogen-bond donors (Lipinski definition) is 0. The fourth-order valence-corrected chi connectivity index (χ4v) is 3.45. The van der Waals surface area contributed by atoms with Crippen molar-refractivity contribution in [3.63, 3.8) is 0 Å². The van der Waals surface area contributed by atoms with Gasteiger partial charge in [0, 0.05) is 22.8 Å². The second kappa shape index (κ2) is 7.10. The van der Waals surface area contributed by atoms with E-state index >= 15 is 0 Å². The van der Waals surface area contributed by atoms with Gasteiger partial charge in [-0.2, -0.15) is 0 Å². The quantitative estimate of drug-likeness (QED) is 0.749. The summed E-state index contributed by atoms with van der Waals surface area (Å²) in [6, 6.07) is 9.96. The molecule has 2 rings (SSSR count). The van der Waals surface area contributed by atoms with Crippen LogP contribution in [0.3, 0.4) is 0 Å². The Bertz CT molecular complexity index is 631. The monoisotopic (exact) mass is 321 g/mol. The number of thiophene rings is 1. The zero-order valence-corrected chi connectivity index (χ0v) is 14.2. The van der Waals surface area contributed by atoms with Crippen LogP contribution in [0.25, 0.3) is 10.4 Å². The van der Waals surface area contributed by atoms with E-state index in [1.165, 1.54) is 9.75 Å². The Morgan fingerprint density at radius 2 is 1.86 bits per heavy atom. The number of benzene rings is 1. The van der Waals surface area contributed by atoms with Crippen LogP contribution in [-0.4, -0.2) is 23.9 Å². The molecule has 112 valence electrons. The molecule has 0 spiro atoms. The Morgan fingerprint density at radius 3 is 2.38 bits per heavy atom. The van der Waals surface area contributed by atoms with E-state index in [0.29, 0.717) is 23.7 Å². The molecule has 2 nitrogen and oxygen atoms in total. The highest BCUT2D eigenvalue weighted by atomic mass is 35.5. The smallest absolute Gasteiger partial charge is 0.255 e. The molecule has 0 unspecified atom stereocenters. The average Bonchev–Trinajstić information content (AvgIpc) is 2.97. The number of nitrogens with zero attached hydrogens (tertiary/aromatic N) is 1. The molecular weight excluding hydrogens is 302 g/mol. The van der Waals surface area contributed by atoms with Gasteiger partial charge in [0.2, 0.25) is 0 Å². The molecule has 2 aromatic rings. The van der Waals surface area contributed by atoms with Crippen LogP contribution >= 0.6 is 22.9 Å². The summed E-state index contributed by atoms with van der Waals surface area (Å²) in [4.78, 5) is 16.7. The summed E-state index contributed by atoms with van der Waals surface area (Å²) in [5.74, 6) is -0.00280. The number of amides is 1. The van der Waals surface area contributed by atoms with E-state index in [1.807, 2.05) is 32.0 Å². The van der Waals surface area contributed by atoms with Gasteiger partial charge in [0.05, 0.1) is 10.6 Å². The topological polar surface area (TPSA) is 20.3 Å². The van der Waals surface area contributed by atoms with Gasteiger partial charge in [0.25, 0.3) is 5.91 Å². The van der Waals surface area contributed by atoms with E-state index in [0.717, 1.165) is 12.0 Å². The van der Waals surface area contributed by atoms with Crippen molar-refractivity contribution in [2.75, 3.05) is 13.1 Å². The zero-order chi connectivity index (χ0) is 15.4. The fraction of sp³-hybridized carbons (Fsp3) is 0.353. The maximum atomic E-state index is 12.4. The fourth-order valence-electron chi connectivity index (χ4n) is 2.25. The van der Waals surface area contributed by atoms with Gasteiger partial charge < -0.3 is 4.90 Å². The summed E-state index contributed by atoms with van der Waals surface area (Å²) < 4.78 is 0. The lowest BCUT2D eigenvalue weighted by Gasteiger charge is -2.19. The van der Waals surface area contributed by atoms with Gasteiger partial charge in [0.1, 0.15) is 0 Å². The summed E-state index contributed by atoms with van der Waals surface area (Å²) >= 11 is 8.10. The van der Waals surface area contributed by atoms with E-state index in [1.54, 1.807) is 16.2 Å². The van der Waals surface area contributed by atoms with Crippen molar-refractivity contribution in [2.24, 2.45) is 0 Å². The molecule has 0 aliphatic rings. The molecule has 1 aromatic carbocycles. The predicted molar refractivity (Wildman–Crippen MR) is 91.4 cm³/mol. The molecule has 0 radical (unpaired) electrons. The Kier molecular flexibility index (Phi) is 5.43.